The zero-order chi connectivity index (χ0) is 21.4. The van der Waals surface area contributed by atoms with Gasteiger partial charge in [-0.1, -0.05) is 19.9 Å². The number of ether oxygens (including phenoxy) is 2. The zero-order valence-corrected chi connectivity index (χ0v) is 18.0. The van der Waals surface area contributed by atoms with Gasteiger partial charge in [-0.2, -0.15) is 4.31 Å². The van der Waals surface area contributed by atoms with Gasteiger partial charge >= 0.3 is 0 Å². The topological polar surface area (TPSA) is 97.8 Å². The van der Waals surface area contributed by atoms with E-state index in [1.54, 1.807) is 52.3 Å². The zero-order valence-electron chi connectivity index (χ0n) is 17.1. The van der Waals surface area contributed by atoms with Crippen molar-refractivity contribution in [3.63, 3.8) is 0 Å². The quantitative estimate of drug-likeness (QED) is 0.593. The maximum absolute atomic E-state index is 12.9. The van der Waals surface area contributed by atoms with Crippen LogP contribution >= 0.6 is 0 Å². The number of aromatic nitrogens is 1. The van der Waals surface area contributed by atoms with Gasteiger partial charge in [0.25, 0.3) is 5.91 Å². The smallest absolute Gasteiger partial charge is 0.256 e. The lowest BCUT2D eigenvalue weighted by molar-refractivity contribution is 0.102. The number of sulfonamides is 1. The molecular weight excluding hydrogens is 394 g/mol. The van der Waals surface area contributed by atoms with Gasteiger partial charge in [-0.15, -0.1) is 0 Å². The molecule has 1 aromatic carbocycles. The van der Waals surface area contributed by atoms with Crippen molar-refractivity contribution in [1.29, 1.82) is 0 Å². The van der Waals surface area contributed by atoms with Crippen molar-refractivity contribution < 1.29 is 22.7 Å². The lowest BCUT2D eigenvalue weighted by atomic mass is 10.1. The summed E-state index contributed by atoms with van der Waals surface area (Å²) in [7, 11) is -2.11. The van der Waals surface area contributed by atoms with E-state index in [-0.39, 0.29) is 22.9 Å². The van der Waals surface area contributed by atoms with Gasteiger partial charge in [0.1, 0.15) is 12.3 Å². The molecule has 2 rings (SSSR count). The number of nitrogens with zero attached hydrogens (tertiary/aromatic N) is 2. The van der Waals surface area contributed by atoms with Crippen molar-refractivity contribution in [2.75, 3.05) is 38.7 Å². The van der Waals surface area contributed by atoms with Gasteiger partial charge in [0, 0.05) is 32.0 Å². The fraction of sp³-hybridized carbons (Fsp3) is 0.400. The van der Waals surface area contributed by atoms with Crippen LogP contribution in [0.1, 0.15) is 29.8 Å². The summed E-state index contributed by atoms with van der Waals surface area (Å²) >= 11 is 0. The number of rotatable bonds is 10. The minimum absolute atomic E-state index is 0.0831. The molecule has 8 nitrogen and oxygen atoms in total. The third kappa shape index (κ3) is 5.53. The molecule has 0 unspecified atom stereocenters. The van der Waals surface area contributed by atoms with Crippen LogP contribution in [-0.2, 0) is 14.8 Å². The SMILES string of the molecule is CCN(CC)S(=O)(=O)c1ccc(C)c(C(=O)Nc2cccnc2OCCOC)c1. The van der Waals surface area contributed by atoms with Crippen molar-refractivity contribution in [2.24, 2.45) is 0 Å². The number of amides is 1. The van der Waals surface area contributed by atoms with Gasteiger partial charge in [0.2, 0.25) is 15.9 Å². The summed E-state index contributed by atoms with van der Waals surface area (Å²) in [5.74, 6) is -0.175. The van der Waals surface area contributed by atoms with E-state index in [2.05, 4.69) is 10.3 Å². The van der Waals surface area contributed by atoms with Gasteiger partial charge in [0.15, 0.2) is 0 Å². The van der Waals surface area contributed by atoms with Crippen LogP contribution < -0.4 is 10.1 Å². The molecule has 9 heteroatoms. The average molecular weight is 422 g/mol. The molecule has 1 heterocycles. The highest BCUT2D eigenvalue weighted by molar-refractivity contribution is 7.89. The van der Waals surface area contributed by atoms with Crippen molar-refractivity contribution in [3.8, 4) is 5.88 Å². The summed E-state index contributed by atoms with van der Waals surface area (Å²) in [5.41, 5.74) is 1.32. The number of nitrogens with one attached hydrogen (secondary N) is 1. The third-order valence-corrected chi connectivity index (χ3v) is 6.39. The van der Waals surface area contributed by atoms with Crippen LogP contribution in [0.15, 0.2) is 41.4 Å². The highest BCUT2D eigenvalue weighted by Gasteiger charge is 2.23. The second-order valence-electron chi connectivity index (χ2n) is 6.22. The Bertz CT molecular complexity index is 943. The molecule has 2 aromatic rings. The Morgan fingerprint density at radius 1 is 1.17 bits per heavy atom. The van der Waals surface area contributed by atoms with E-state index in [0.29, 0.717) is 30.9 Å². The maximum Gasteiger partial charge on any atom is 0.256 e. The molecular formula is C20H27N3O5S. The number of carbonyl (C=O) groups is 1. The summed E-state index contributed by atoms with van der Waals surface area (Å²) in [6, 6.07) is 7.89. The Morgan fingerprint density at radius 3 is 2.55 bits per heavy atom. The standard InChI is InChI=1S/C20H27N3O5S/c1-5-23(6-2)29(25,26)16-10-9-15(3)17(14-16)19(24)22-18-8-7-11-21-20(18)28-13-12-27-4/h7-11,14H,5-6,12-13H2,1-4H3,(H,22,24). The number of methoxy groups -OCH3 is 1. The molecule has 0 fully saturated rings. The van der Waals surface area contributed by atoms with Crippen LogP contribution in [0.3, 0.4) is 0 Å². The number of pyridine rings is 1. The first-order chi connectivity index (χ1) is 13.8. The Kier molecular flexibility index (Phi) is 8.12. The molecule has 1 N–H and O–H groups in total. The van der Waals surface area contributed by atoms with Crippen molar-refractivity contribution >= 4 is 21.6 Å². The van der Waals surface area contributed by atoms with Crippen LogP contribution in [0.2, 0.25) is 0 Å². The molecule has 0 aliphatic rings. The molecule has 0 bridgehead atoms. The van der Waals surface area contributed by atoms with Gasteiger partial charge in [-0.25, -0.2) is 13.4 Å². The first-order valence-corrected chi connectivity index (χ1v) is 10.8. The van der Waals surface area contributed by atoms with E-state index in [0.717, 1.165) is 0 Å². The van der Waals surface area contributed by atoms with E-state index in [1.165, 1.54) is 16.4 Å². The van der Waals surface area contributed by atoms with Crippen molar-refractivity contribution in [3.05, 3.63) is 47.7 Å². The van der Waals surface area contributed by atoms with Crippen LogP contribution in [0, 0.1) is 6.92 Å². The summed E-state index contributed by atoms with van der Waals surface area (Å²) in [6.45, 7) is 6.67. The molecule has 0 atom stereocenters. The van der Waals surface area contributed by atoms with E-state index < -0.39 is 15.9 Å². The predicted octanol–water partition coefficient (Wildman–Crippen LogP) is 2.70. The summed E-state index contributed by atoms with van der Waals surface area (Å²) < 4.78 is 37.4. The second-order valence-corrected chi connectivity index (χ2v) is 8.16. The molecule has 0 spiro atoms. The molecule has 1 amide bonds. The largest absolute Gasteiger partial charge is 0.474 e. The van der Waals surface area contributed by atoms with Crippen LogP contribution in [0.25, 0.3) is 0 Å². The average Bonchev–Trinajstić information content (AvgIpc) is 2.70. The number of anilines is 1. The monoisotopic (exact) mass is 421 g/mol. The van der Waals surface area contributed by atoms with Gasteiger partial charge < -0.3 is 14.8 Å². The molecule has 0 saturated carbocycles. The molecule has 0 radical (unpaired) electrons. The Balaban J connectivity index is 2.31. The Hall–Kier alpha value is -2.49. The third-order valence-electron chi connectivity index (χ3n) is 4.34. The summed E-state index contributed by atoms with van der Waals surface area (Å²) in [4.78, 5) is 17.1. The van der Waals surface area contributed by atoms with Crippen LogP contribution in [-0.4, -0.2) is 57.0 Å². The first kappa shape index (κ1) is 22.8. The lowest BCUT2D eigenvalue weighted by Gasteiger charge is -2.19. The summed E-state index contributed by atoms with van der Waals surface area (Å²) in [5, 5.41) is 2.75. The van der Waals surface area contributed by atoms with Gasteiger partial charge in [-0.3, -0.25) is 4.79 Å². The van der Waals surface area contributed by atoms with E-state index >= 15 is 0 Å². The lowest BCUT2D eigenvalue weighted by Crippen LogP contribution is -2.30. The van der Waals surface area contributed by atoms with Crippen LogP contribution in [0.5, 0.6) is 5.88 Å². The Morgan fingerprint density at radius 2 is 1.90 bits per heavy atom. The predicted molar refractivity (Wildman–Crippen MR) is 111 cm³/mol. The molecule has 29 heavy (non-hydrogen) atoms. The van der Waals surface area contributed by atoms with E-state index in [9.17, 15) is 13.2 Å². The number of carbonyl (C=O) groups excluding carboxylic acids is 1. The van der Waals surface area contributed by atoms with Crippen molar-refractivity contribution in [2.45, 2.75) is 25.7 Å². The number of hydrogen-bond acceptors (Lipinski definition) is 6. The second kappa shape index (κ2) is 10.3. The maximum atomic E-state index is 12.9. The van der Waals surface area contributed by atoms with Crippen molar-refractivity contribution in [1.82, 2.24) is 9.29 Å². The first-order valence-electron chi connectivity index (χ1n) is 9.34. The van der Waals surface area contributed by atoms with E-state index in [1.807, 2.05) is 0 Å². The minimum atomic E-state index is -3.67. The molecule has 158 valence electrons. The number of benzene rings is 1. The normalized spacial score (nSPS) is 11.5. The van der Waals surface area contributed by atoms with E-state index in [4.69, 9.17) is 9.47 Å². The van der Waals surface area contributed by atoms with Gasteiger partial charge in [0.05, 0.1) is 11.5 Å². The molecule has 0 aliphatic heterocycles. The highest BCUT2D eigenvalue weighted by Crippen LogP contribution is 2.24. The number of hydrogen-bond donors (Lipinski definition) is 1. The molecule has 0 aliphatic carbocycles. The summed E-state index contributed by atoms with van der Waals surface area (Å²) in [6.07, 6.45) is 1.56. The fourth-order valence-corrected chi connectivity index (χ4v) is 4.22. The molecule has 0 saturated heterocycles. The minimum Gasteiger partial charge on any atom is -0.474 e. The highest BCUT2D eigenvalue weighted by atomic mass is 32.2. The van der Waals surface area contributed by atoms with Crippen LogP contribution in [0.4, 0.5) is 5.69 Å². The molecule has 1 aromatic heterocycles. The Labute approximate surface area is 171 Å². The van der Waals surface area contributed by atoms with Gasteiger partial charge in [-0.05, 0) is 36.8 Å². The fourth-order valence-electron chi connectivity index (χ4n) is 2.73. The number of aryl methyl sites for hydroxylation is 1.